The minimum absolute atomic E-state index is 0.166. The highest BCUT2D eigenvalue weighted by Gasteiger charge is 2.09. The van der Waals surface area contributed by atoms with Crippen molar-refractivity contribution in [3.63, 3.8) is 0 Å². The minimum Gasteiger partial charge on any atom is -0.396 e. The van der Waals surface area contributed by atoms with Gasteiger partial charge in [-0.25, -0.2) is 0 Å². The van der Waals surface area contributed by atoms with Gasteiger partial charge in [0.25, 0.3) is 0 Å². The van der Waals surface area contributed by atoms with E-state index in [9.17, 15) is 8.99 Å². The normalized spacial score (nSPS) is 13.6. The number of amides is 1. The smallest absolute Gasteiger partial charge is 0.225 e. The maximum Gasteiger partial charge on any atom is 0.225 e. The Kier molecular flexibility index (Phi) is 7.25. The van der Waals surface area contributed by atoms with Gasteiger partial charge >= 0.3 is 0 Å². The molecule has 0 aromatic rings. The summed E-state index contributed by atoms with van der Waals surface area (Å²) in [5.41, 5.74) is 0. The Hall–Kier alpha value is -0.250. The van der Waals surface area contributed by atoms with Crippen LogP contribution in [-0.4, -0.2) is 30.8 Å². The Bertz CT molecular complexity index is 136. The molecule has 0 aliphatic carbocycles. The molecule has 0 radical (unpaired) electrons. The van der Waals surface area contributed by atoms with Crippen LogP contribution in [0.5, 0.6) is 0 Å². The van der Waals surface area contributed by atoms with Gasteiger partial charge in [0, 0.05) is 6.54 Å². The summed E-state index contributed by atoms with van der Waals surface area (Å²) in [6.07, 6.45) is 0. The molecular weight excluding hydrogens is 184 g/mol. The molecule has 12 heavy (non-hydrogen) atoms. The van der Waals surface area contributed by atoms with E-state index < -0.39 is 15.0 Å². The molecule has 2 N–H and O–H groups in total. The third kappa shape index (κ3) is 5.41. The molecule has 0 spiro atoms. The molecule has 0 aromatic carbocycles. The van der Waals surface area contributed by atoms with E-state index in [1.165, 1.54) is 0 Å². The van der Waals surface area contributed by atoms with Crippen LogP contribution < -0.4 is 5.32 Å². The first kappa shape index (κ1) is 11.8. The largest absolute Gasteiger partial charge is 0.396 e. The standard InChI is InChI=1S/C6H13FNO3P/c1-5(4-9)6(10)8-2-3-11-12-7/h5,9,12H,2-4H2,1H3,(H,8,10). The maximum absolute atomic E-state index is 11.4. The van der Waals surface area contributed by atoms with Gasteiger partial charge in [-0.2, -0.15) is 4.20 Å². The molecule has 2 unspecified atom stereocenters. The van der Waals surface area contributed by atoms with Gasteiger partial charge in [0.15, 0.2) is 0 Å². The number of nitrogens with one attached hydrogen (secondary N) is 1. The molecule has 0 aliphatic heterocycles. The van der Waals surface area contributed by atoms with Crippen LogP contribution in [-0.2, 0) is 9.32 Å². The number of hydrogen-bond acceptors (Lipinski definition) is 3. The number of aliphatic hydroxyl groups is 1. The second-order valence-electron chi connectivity index (χ2n) is 2.30. The Balaban J connectivity index is 3.31. The van der Waals surface area contributed by atoms with Crippen LogP contribution >= 0.6 is 9.12 Å². The van der Waals surface area contributed by atoms with Gasteiger partial charge in [-0.3, -0.25) is 4.79 Å². The van der Waals surface area contributed by atoms with Crippen molar-refractivity contribution >= 4 is 15.0 Å². The SMILES string of the molecule is CC(CO)C(=O)NCCOPF. The summed E-state index contributed by atoms with van der Waals surface area (Å²) in [6, 6.07) is 0. The van der Waals surface area contributed by atoms with Crippen LogP contribution in [0.1, 0.15) is 6.92 Å². The number of aliphatic hydroxyl groups excluding tert-OH is 1. The topological polar surface area (TPSA) is 58.6 Å². The first-order chi connectivity index (χ1) is 5.72. The van der Waals surface area contributed by atoms with Crippen LogP contribution in [0.4, 0.5) is 4.20 Å². The van der Waals surface area contributed by atoms with Crippen molar-refractivity contribution in [2.24, 2.45) is 5.92 Å². The number of carbonyl (C=O) groups excluding carboxylic acids is 1. The molecule has 0 heterocycles. The van der Waals surface area contributed by atoms with Crippen LogP contribution in [0.2, 0.25) is 0 Å². The molecule has 0 aromatic heterocycles. The van der Waals surface area contributed by atoms with Crippen molar-refractivity contribution in [3.05, 3.63) is 0 Å². The highest BCUT2D eigenvalue weighted by atomic mass is 31.1. The van der Waals surface area contributed by atoms with E-state index in [0.717, 1.165) is 0 Å². The van der Waals surface area contributed by atoms with Gasteiger partial charge in [-0.15, -0.1) is 0 Å². The molecule has 0 saturated carbocycles. The van der Waals surface area contributed by atoms with Crippen molar-refractivity contribution in [2.75, 3.05) is 19.8 Å². The quantitative estimate of drug-likeness (QED) is 0.473. The number of carbonyl (C=O) groups is 1. The van der Waals surface area contributed by atoms with Crippen molar-refractivity contribution in [3.8, 4) is 0 Å². The van der Waals surface area contributed by atoms with Crippen molar-refractivity contribution in [2.45, 2.75) is 6.92 Å². The zero-order valence-corrected chi connectivity index (χ0v) is 7.84. The summed E-state index contributed by atoms with van der Waals surface area (Å²) in [5.74, 6) is -0.666. The molecule has 2 atom stereocenters. The lowest BCUT2D eigenvalue weighted by Crippen LogP contribution is -2.33. The zero-order valence-electron chi connectivity index (χ0n) is 6.84. The fraction of sp³-hybridized carbons (Fsp3) is 0.833. The van der Waals surface area contributed by atoms with Crippen molar-refractivity contribution < 1.29 is 18.6 Å². The van der Waals surface area contributed by atoms with E-state index in [1.54, 1.807) is 6.92 Å². The fourth-order valence-electron chi connectivity index (χ4n) is 0.521. The lowest BCUT2D eigenvalue weighted by Gasteiger charge is -2.08. The molecular formula is C6H13FNO3P. The molecule has 0 bridgehead atoms. The van der Waals surface area contributed by atoms with Gasteiger partial charge in [0.05, 0.1) is 19.1 Å². The predicted molar refractivity (Wildman–Crippen MR) is 44.6 cm³/mol. The summed E-state index contributed by atoms with van der Waals surface area (Å²) >= 11 is 0. The summed E-state index contributed by atoms with van der Waals surface area (Å²) < 4.78 is 15.8. The monoisotopic (exact) mass is 197 g/mol. The Labute approximate surface area is 72.5 Å². The second kappa shape index (κ2) is 7.40. The van der Waals surface area contributed by atoms with E-state index in [0.29, 0.717) is 0 Å². The van der Waals surface area contributed by atoms with E-state index in [1.807, 2.05) is 0 Å². The van der Waals surface area contributed by atoms with E-state index >= 15 is 0 Å². The lowest BCUT2D eigenvalue weighted by molar-refractivity contribution is -0.125. The Morgan fingerprint density at radius 1 is 1.83 bits per heavy atom. The second-order valence-corrected chi connectivity index (χ2v) is 2.74. The summed E-state index contributed by atoms with van der Waals surface area (Å²) in [4.78, 5) is 10.9. The fourth-order valence-corrected chi connectivity index (χ4v) is 0.700. The Morgan fingerprint density at radius 3 is 3.00 bits per heavy atom. The van der Waals surface area contributed by atoms with Crippen LogP contribution in [0, 0.1) is 5.92 Å². The average molecular weight is 197 g/mol. The van der Waals surface area contributed by atoms with Gasteiger partial charge < -0.3 is 14.9 Å². The average Bonchev–Trinajstić information content (AvgIpc) is 2.10. The minimum atomic E-state index is -1.04. The third-order valence-corrected chi connectivity index (χ3v) is 1.59. The zero-order chi connectivity index (χ0) is 9.40. The van der Waals surface area contributed by atoms with Crippen LogP contribution in [0.25, 0.3) is 0 Å². The molecule has 0 saturated heterocycles. The molecule has 0 aliphatic rings. The lowest BCUT2D eigenvalue weighted by atomic mass is 10.2. The van der Waals surface area contributed by atoms with Gasteiger partial charge in [-0.1, -0.05) is 6.92 Å². The van der Waals surface area contributed by atoms with E-state index in [4.69, 9.17) is 5.11 Å². The Morgan fingerprint density at radius 2 is 2.50 bits per heavy atom. The predicted octanol–water partition coefficient (Wildman–Crippen LogP) is 0.226. The summed E-state index contributed by atoms with van der Waals surface area (Å²) in [7, 11) is -1.04. The molecule has 6 heteroatoms. The number of rotatable bonds is 6. The van der Waals surface area contributed by atoms with Crippen molar-refractivity contribution in [1.29, 1.82) is 0 Å². The van der Waals surface area contributed by atoms with E-state index in [2.05, 4.69) is 9.84 Å². The van der Waals surface area contributed by atoms with Crippen LogP contribution in [0.15, 0.2) is 0 Å². The molecule has 4 nitrogen and oxygen atoms in total. The maximum atomic E-state index is 11.4. The highest BCUT2D eigenvalue weighted by molar-refractivity contribution is 7.25. The molecule has 0 rings (SSSR count). The first-order valence-electron chi connectivity index (χ1n) is 3.58. The number of hydrogen-bond donors (Lipinski definition) is 2. The van der Waals surface area contributed by atoms with Gasteiger partial charge in [-0.05, 0) is 0 Å². The van der Waals surface area contributed by atoms with Crippen molar-refractivity contribution in [1.82, 2.24) is 5.32 Å². The van der Waals surface area contributed by atoms with E-state index in [-0.39, 0.29) is 25.7 Å². The van der Waals surface area contributed by atoms with Gasteiger partial charge in [0.1, 0.15) is 0 Å². The highest BCUT2D eigenvalue weighted by Crippen LogP contribution is 2.09. The molecule has 1 amide bonds. The number of halogens is 1. The summed E-state index contributed by atoms with van der Waals surface area (Å²) in [5, 5.41) is 11.0. The third-order valence-electron chi connectivity index (χ3n) is 1.28. The summed E-state index contributed by atoms with van der Waals surface area (Å²) in [6.45, 7) is 1.86. The molecule has 72 valence electrons. The van der Waals surface area contributed by atoms with Crippen LogP contribution in [0.3, 0.4) is 0 Å². The molecule has 0 fully saturated rings. The van der Waals surface area contributed by atoms with Gasteiger partial charge in [0.2, 0.25) is 15.0 Å². The first-order valence-corrected chi connectivity index (χ1v) is 4.37.